The molecule has 1 atom stereocenters. The van der Waals surface area contributed by atoms with E-state index in [2.05, 4.69) is 21.2 Å². The van der Waals surface area contributed by atoms with Crippen molar-refractivity contribution in [1.29, 1.82) is 0 Å². The lowest BCUT2D eigenvalue weighted by Gasteiger charge is -2.35. The second-order valence-electron chi connectivity index (χ2n) is 7.61. The largest absolute Gasteiger partial charge is 0.495 e. The molecule has 1 fully saturated rings. The number of hydrogen-bond acceptors (Lipinski definition) is 5. The topological polar surface area (TPSA) is 79.6 Å². The number of rotatable bonds is 5. The number of halogens is 1. The molecular weight excluding hydrogens is 448 g/mol. The van der Waals surface area contributed by atoms with Crippen LogP contribution in [0.2, 0.25) is 0 Å². The maximum absolute atomic E-state index is 11.8. The Morgan fingerprint density at radius 1 is 1.33 bits per heavy atom. The summed E-state index contributed by atoms with van der Waals surface area (Å²) in [4.78, 5) is 18.6. The lowest BCUT2D eigenvalue weighted by molar-refractivity contribution is -0.139. The number of nitrogens with one attached hydrogen (secondary N) is 1. The van der Waals surface area contributed by atoms with E-state index in [0.717, 1.165) is 57.6 Å². The number of anilines is 3. The van der Waals surface area contributed by atoms with E-state index in [1.54, 1.807) is 7.11 Å². The van der Waals surface area contributed by atoms with E-state index >= 15 is 0 Å². The molecule has 30 heavy (non-hydrogen) atoms. The van der Waals surface area contributed by atoms with Crippen molar-refractivity contribution in [3.8, 4) is 5.75 Å². The van der Waals surface area contributed by atoms with Crippen molar-refractivity contribution in [1.82, 2.24) is 9.55 Å². The standard InChI is InChI=1S/C22H25BrN4O3/c1-13-11-14(23)12-18(30-3)19(13)25-22-24-15-7-6-9-16(20(15)26(22)2)27-10-5-4-8-17(27)21(28)29/h6-7,9,11-12,17H,4-5,8,10H2,1-3H3,(H,24,25)(H,28,29). The molecule has 0 spiro atoms. The summed E-state index contributed by atoms with van der Waals surface area (Å²) in [6.45, 7) is 2.73. The van der Waals surface area contributed by atoms with Crippen molar-refractivity contribution in [2.75, 3.05) is 23.9 Å². The van der Waals surface area contributed by atoms with Crippen molar-refractivity contribution in [3.63, 3.8) is 0 Å². The summed E-state index contributed by atoms with van der Waals surface area (Å²) in [5.74, 6) is 0.614. The molecule has 2 aromatic carbocycles. The number of aliphatic carboxylic acids is 1. The highest BCUT2D eigenvalue weighted by Crippen LogP contribution is 2.37. The summed E-state index contributed by atoms with van der Waals surface area (Å²) < 4.78 is 8.48. The highest BCUT2D eigenvalue weighted by molar-refractivity contribution is 9.10. The van der Waals surface area contributed by atoms with E-state index in [1.165, 1.54) is 0 Å². The molecule has 0 saturated carbocycles. The second-order valence-corrected chi connectivity index (χ2v) is 8.52. The molecule has 1 unspecified atom stereocenters. The first-order valence-electron chi connectivity index (χ1n) is 9.96. The first-order valence-corrected chi connectivity index (χ1v) is 10.8. The molecule has 0 amide bonds. The molecule has 158 valence electrons. The van der Waals surface area contributed by atoms with E-state index in [9.17, 15) is 9.90 Å². The number of ether oxygens (including phenoxy) is 1. The molecule has 1 aliphatic heterocycles. The van der Waals surface area contributed by atoms with Crippen LogP contribution in [0, 0.1) is 6.92 Å². The van der Waals surface area contributed by atoms with Gasteiger partial charge in [0.25, 0.3) is 0 Å². The Bertz CT molecular complexity index is 1110. The molecule has 0 bridgehead atoms. The van der Waals surface area contributed by atoms with E-state index in [-0.39, 0.29) is 0 Å². The van der Waals surface area contributed by atoms with Crippen molar-refractivity contribution >= 4 is 50.3 Å². The van der Waals surface area contributed by atoms with Crippen LogP contribution in [0.15, 0.2) is 34.8 Å². The molecule has 3 aromatic rings. The average Bonchev–Trinajstić information content (AvgIpc) is 3.05. The zero-order valence-electron chi connectivity index (χ0n) is 17.3. The Kier molecular flexibility index (Phi) is 5.60. The van der Waals surface area contributed by atoms with Crippen LogP contribution in [0.3, 0.4) is 0 Å². The monoisotopic (exact) mass is 472 g/mol. The van der Waals surface area contributed by atoms with Gasteiger partial charge in [0.2, 0.25) is 5.95 Å². The molecular formula is C22H25BrN4O3. The fraction of sp³-hybridized carbons (Fsp3) is 0.364. The van der Waals surface area contributed by atoms with Crippen molar-refractivity contribution in [2.45, 2.75) is 32.2 Å². The van der Waals surface area contributed by atoms with Crippen LogP contribution in [0.5, 0.6) is 5.75 Å². The smallest absolute Gasteiger partial charge is 0.326 e. The summed E-state index contributed by atoms with van der Waals surface area (Å²) in [5.41, 5.74) is 4.52. The number of piperidine rings is 1. The van der Waals surface area contributed by atoms with Gasteiger partial charge >= 0.3 is 5.97 Å². The van der Waals surface area contributed by atoms with Crippen LogP contribution in [0.1, 0.15) is 24.8 Å². The van der Waals surface area contributed by atoms with Crippen LogP contribution in [-0.4, -0.2) is 40.3 Å². The number of hydrogen-bond donors (Lipinski definition) is 2. The van der Waals surface area contributed by atoms with E-state index in [4.69, 9.17) is 9.72 Å². The van der Waals surface area contributed by atoms with Gasteiger partial charge in [-0.1, -0.05) is 22.0 Å². The average molecular weight is 473 g/mol. The minimum Gasteiger partial charge on any atom is -0.495 e. The number of imidazole rings is 1. The number of fused-ring (bicyclic) bond motifs is 1. The Labute approximate surface area is 183 Å². The van der Waals surface area contributed by atoms with Gasteiger partial charge in [-0.25, -0.2) is 9.78 Å². The zero-order valence-corrected chi connectivity index (χ0v) is 18.9. The molecule has 2 N–H and O–H groups in total. The van der Waals surface area contributed by atoms with E-state index < -0.39 is 12.0 Å². The third kappa shape index (κ3) is 3.60. The number of nitrogens with zero attached hydrogens (tertiary/aromatic N) is 3. The number of aromatic nitrogens is 2. The van der Waals surface area contributed by atoms with Gasteiger partial charge in [0.15, 0.2) is 0 Å². The Morgan fingerprint density at radius 2 is 2.13 bits per heavy atom. The molecule has 7 nitrogen and oxygen atoms in total. The highest BCUT2D eigenvalue weighted by Gasteiger charge is 2.30. The summed E-state index contributed by atoms with van der Waals surface area (Å²) in [6, 6.07) is 9.30. The fourth-order valence-electron chi connectivity index (χ4n) is 4.21. The zero-order chi connectivity index (χ0) is 21.4. The fourth-order valence-corrected chi connectivity index (χ4v) is 4.77. The minimum atomic E-state index is -0.776. The lowest BCUT2D eigenvalue weighted by Crippen LogP contribution is -2.45. The third-order valence-electron chi connectivity index (χ3n) is 5.69. The van der Waals surface area contributed by atoms with Gasteiger partial charge in [-0.3, -0.25) is 0 Å². The molecule has 2 heterocycles. The van der Waals surface area contributed by atoms with Crippen molar-refractivity contribution in [2.24, 2.45) is 7.05 Å². The van der Waals surface area contributed by atoms with Gasteiger partial charge in [0.05, 0.1) is 29.5 Å². The molecule has 1 aromatic heterocycles. The van der Waals surface area contributed by atoms with E-state index in [0.29, 0.717) is 12.4 Å². The quantitative estimate of drug-likeness (QED) is 0.552. The van der Waals surface area contributed by atoms with Crippen LogP contribution >= 0.6 is 15.9 Å². The number of benzene rings is 2. The van der Waals surface area contributed by atoms with Crippen LogP contribution in [0.25, 0.3) is 11.0 Å². The number of methoxy groups -OCH3 is 1. The Balaban J connectivity index is 1.79. The minimum absolute atomic E-state index is 0.510. The lowest BCUT2D eigenvalue weighted by atomic mass is 10.0. The third-order valence-corrected chi connectivity index (χ3v) is 6.15. The van der Waals surface area contributed by atoms with Crippen LogP contribution in [0.4, 0.5) is 17.3 Å². The Hall–Kier alpha value is -2.74. The molecule has 0 radical (unpaired) electrons. The van der Waals surface area contributed by atoms with Gasteiger partial charge in [0, 0.05) is 18.1 Å². The number of para-hydroxylation sites is 1. The van der Waals surface area contributed by atoms with E-state index in [1.807, 2.05) is 53.8 Å². The number of carbonyl (C=O) groups is 1. The first kappa shape index (κ1) is 20.5. The predicted molar refractivity (Wildman–Crippen MR) is 122 cm³/mol. The Morgan fingerprint density at radius 3 is 2.87 bits per heavy atom. The van der Waals surface area contributed by atoms with Crippen molar-refractivity contribution in [3.05, 3.63) is 40.4 Å². The number of carboxylic acids is 1. The number of carboxylic acid groups (broad SMARTS) is 1. The molecule has 0 aliphatic carbocycles. The van der Waals surface area contributed by atoms with Gasteiger partial charge < -0.3 is 24.6 Å². The summed E-state index contributed by atoms with van der Waals surface area (Å²) in [7, 11) is 3.59. The van der Waals surface area contributed by atoms with Crippen LogP contribution < -0.4 is 15.0 Å². The highest BCUT2D eigenvalue weighted by atomic mass is 79.9. The van der Waals surface area contributed by atoms with Gasteiger partial charge in [-0.05, 0) is 56.0 Å². The number of aryl methyl sites for hydroxylation is 2. The first-order chi connectivity index (χ1) is 14.4. The molecule has 1 aliphatic rings. The normalized spacial score (nSPS) is 16.7. The predicted octanol–water partition coefficient (Wildman–Crippen LogP) is 4.84. The maximum Gasteiger partial charge on any atom is 0.326 e. The molecule has 1 saturated heterocycles. The second kappa shape index (κ2) is 8.18. The molecule has 8 heteroatoms. The van der Waals surface area contributed by atoms with Gasteiger partial charge in [0.1, 0.15) is 11.8 Å². The summed E-state index contributed by atoms with van der Waals surface area (Å²) in [6.07, 6.45) is 2.58. The summed E-state index contributed by atoms with van der Waals surface area (Å²) in [5, 5.41) is 13.1. The van der Waals surface area contributed by atoms with Crippen LogP contribution in [-0.2, 0) is 11.8 Å². The van der Waals surface area contributed by atoms with Gasteiger partial charge in [-0.2, -0.15) is 0 Å². The van der Waals surface area contributed by atoms with Crippen molar-refractivity contribution < 1.29 is 14.6 Å². The van der Waals surface area contributed by atoms with Gasteiger partial charge in [-0.15, -0.1) is 0 Å². The SMILES string of the molecule is COc1cc(Br)cc(C)c1Nc1nc2cccc(N3CCCCC3C(=O)O)c2n1C. The summed E-state index contributed by atoms with van der Waals surface area (Å²) >= 11 is 3.50. The molecule has 4 rings (SSSR count). The maximum atomic E-state index is 11.8.